The van der Waals surface area contributed by atoms with Crippen molar-refractivity contribution in [3.63, 3.8) is 0 Å². The molecule has 0 amide bonds. The molecule has 0 saturated heterocycles. The summed E-state index contributed by atoms with van der Waals surface area (Å²) in [5.74, 6) is 1.48. The maximum atomic E-state index is 9.78. The van der Waals surface area contributed by atoms with Gasteiger partial charge in [-0.15, -0.1) is 0 Å². The molecule has 0 fully saturated rings. The number of rotatable bonds is 5. The van der Waals surface area contributed by atoms with Crippen LogP contribution >= 0.6 is 0 Å². The smallest absolute Gasteiger partial charge is 0.0747 e. The van der Waals surface area contributed by atoms with Crippen LogP contribution < -0.4 is 0 Å². The summed E-state index contributed by atoms with van der Waals surface area (Å²) in [7, 11) is 0. The quantitative estimate of drug-likeness (QED) is 0.695. The highest BCUT2D eigenvalue weighted by molar-refractivity contribution is 5.22. The van der Waals surface area contributed by atoms with Crippen LogP contribution in [0.4, 0.5) is 0 Å². The minimum Gasteiger partial charge on any atom is -0.389 e. The Balaban J connectivity index is 2.57. The van der Waals surface area contributed by atoms with Crippen LogP contribution in [0, 0.1) is 11.8 Å². The van der Waals surface area contributed by atoms with Gasteiger partial charge in [0.2, 0.25) is 0 Å². The van der Waals surface area contributed by atoms with Gasteiger partial charge in [0.05, 0.1) is 6.10 Å². The minimum atomic E-state index is -0.325. The van der Waals surface area contributed by atoms with Gasteiger partial charge in [-0.3, -0.25) is 0 Å². The van der Waals surface area contributed by atoms with Crippen LogP contribution in [0.25, 0.3) is 0 Å². The second kappa shape index (κ2) is 5.67. The molecule has 2 unspecified atom stereocenters. The van der Waals surface area contributed by atoms with E-state index in [0.717, 1.165) is 30.3 Å². The van der Waals surface area contributed by atoms with Gasteiger partial charge in [-0.1, -0.05) is 37.1 Å². The van der Waals surface area contributed by atoms with E-state index in [1.807, 2.05) is 6.92 Å². The third-order valence-electron chi connectivity index (χ3n) is 3.89. The van der Waals surface area contributed by atoms with Crippen LogP contribution in [0.3, 0.4) is 0 Å². The number of hydrogen-bond donors (Lipinski definition) is 1. The zero-order valence-electron chi connectivity index (χ0n) is 11.2. The van der Waals surface area contributed by atoms with Gasteiger partial charge in [-0.25, -0.2) is 0 Å². The van der Waals surface area contributed by atoms with E-state index in [9.17, 15) is 5.11 Å². The fourth-order valence-corrected chi connectivity index (χ4v) is 2.70. The zero-order chi connectivity index (χ0) is 12.3. The molecule has 0 aromatic carbocycles. The Morgan fingerprint density at radius 2 is 2.12 bits per heavy atom. The minimum absolute atomic E-state index is 0.325. The highest BCUT2D eigenvalue weighted by Gasteiger charge is 2.25. The topological polar surface area (TPSA) is 20.2 Å². The molecule has 1 N–H and O–H groups in total. The molecule has 0 aliphatic heterocycles. The van der Waals surface area contributed by atoms with Crippen molar-refractivity contribution in [1.29, 1.82) is 0 Å². The molecule has 2 atom stereocenters. The molecule has 1 aliphatic rings. The summed E-state index contributed by atoms with van der Waals surface area (Å²) in [6.45, 7) is 12.6. The van der Waals surface area contributed by atoms with Gasteiger partial charge in [0, 0.05) is 0 Å². The van der Waals surface area contributed by atoms with E-state index in [4.69, 9.17) is 0 Å². The average molecular weight is 222 g/mol. The van der Waals surface area contributed by atoms with Crippen molar-refractivity contribution < 1.29 is 5.11 Å². The van der Waals surface area contributed by atoms with Gasteiger partial charge in [0.1, 0.15) is 0 Å². The maximum absolute atomic E-state index is 9.78. The number of aliphatic hydroxyl groups is 1. The molecule has 0 bridgehead atoms. The molecule has 1 rings (SSSR count). The molecule has 1 nitrogen and oxygen atoms in total. The molecular weight excluding hydrogens is 196 g/mol. The molecule has 0 aromatic heterocycles. The van der Waals surface area contributed by atoms with E-state index in [-0.39, 0.29) is 6.10 Å². The third-order valence-corrected chi connectivity index (χ3v) is 3.89. The SMILES string of the molecule is C=C(C)C(O)CCC1=C(C)CCC1C(C)C. The fraction of sp³-hybridized carbons (Fsp3) is 0.733. The van der Waals surface area contributed by atoms with Gasteiger partial charge < -0.3 is 5.11 Å². The first-order chi connectivity index (χ1) is 7.43. The van der Waals surface area contributed by atoms with E-state index in [2.05, 4.69) is 27.4 Å². The lowest BCUT2D eigenvalue weighted by Crippen LogP contribution is -2.12. The second-order valence-electron chi connectivity index (χ2n) is 5.60. The molecular formula is C15H26O. The van der Waals surface area contributed by atoms with Crippen LogP contribution in [-0.2, 0) is 0 Å². The summed E-state index contributed by atoms with van der Waals surface area (Å²) in [4.78, 5) is 0. The van der Waals surface area contributed by atoms with E-state index in [1.54, 1.807) is 11.1 Å². The van der Waals surface area contributed by atoms with Crippen LogP contribution in [0.1, 0.15) is 53.4 Å². The van der Waals surface area contributed by atoms with Crippen LogP contribution in [0.15, 0.2) is 23.3 Å². The van der Waals surface area contributed by atoms with E-state index in [1.165, 1.54) is 12.8 Å². The van der Waals surface area contributed by atoms with E-state index < -0.39 is 0 Å². The molecule has 0 spiro atoms. The summed E-state index contributed by atoms with van der Waals surface area (Å²) in [5, 5.41) is 9.78. The lowest BCUT2D eigenvalue weighted by atomic mass is 9.86. The highest BCUT2D eigenvalue weighted by atomic mass is 16.3. The number of hydrogen-bond acceptors (Lipinski definition) is 1. The van der Waals surface area contributed by atoms with Crippen LogP contribution in [0.2, 0.25) is 0 Å². The Morgan fingerprint density at radius 1 is 1.50 bits per heavy atom. The van der Waals surface area contributed by atoms with Gasteiger partial charge >= 0.3 is 0 Å². The molecule has 1 heteroatoms. The van der Waals surface area contributed by atoms with Crippen molar-refractivity contribution in [3.8, 4) is 0 Å². The van der Waals surface area contributed by atoms with Crippen molar-refractivity contribution in [3.05, 3.63) is 23.3 Å². The van der Waals surface area contributed by atoms with Crippen molar-refractivity contribution in [2.75, 3.05) is 0 Å². The Bertz CT molecular complexity index is 286. The standard InChI is InChI=1S/C15H26O/c1-10(2)13-7-6-12(5)14(13)8-9-15(16)11(3)4/h10,13,15-16H,3,6-9H2,1-2,4-5H3. The molecule has 0 saturated carbocycles. The number of allylic oxidation sites excluding steroid dienone is 2. The summed E-state index contributed by atoms with van der Waals surface area (Å²) in [6.07, 6.45) is 4.12. The van der Waals surface area contributed by atoms with Gasteiger partial charge in [-0.2, -0.15) is 0 Å². The van der Waals surface area contributed by atoms with Crippen molar-refractivity contribution in [2.24, 2.45) is 11.8 Å². The Labute approximate surface area is 100 Å². The predicted molar refractivity (Wildman–Crippen MR) is 70.3 cm³/mol. The number of aliphatic hydroxyl groups excluding tert-OH is 1. The highest BCUT2D eigenvalue weighted by Crippen LogP contribution is 2.39. The van der Waals surface area contributed by atoms with Crippen LogP contribution in [0.5, 0.6) is 0 Å². The summed E-state index contributed by atoms with van der Waals surface area (Å²) >= 11 is 0. The molecule has 0 aromatic rings. The van der Waals surface area contributed by atoms with Crippen molar-refractivity contribution in [1.82, 2.24) is 0 Å². The molecule has 16 heavy (non-hydrogen) atoms. The van der Waals surface area contributed by atoms with Gasteiger partial charge in [-0.05, 0) is 51.4 Å². The first-order valence-electron chi connectivity index (χ1n) is 6.45. The maximum Gasteiger partial charge on any atom is 0.0747 e. The first-order valence-corrected chi connectivity index (χ1v) is 6.45. The lowest BCUT2D eigenvalue weighted by molar-refractivity contribution is 0.199. The Kier molecular flexibility index (Phi) is 4.79. The zero-order valence-corrected chi connectivity index (χ0v) is 11.2. The summed E-state index contributed by atoms with van der Waals surface area (Å²) < 4.78 is 0. The largest absolute Gasteiger partial charge is 0.389 e. The second-order valence-corrected chi connectivity index (χ2v) is 5.60. The summed E-state index contributed by atoms with van der Waals surface area (Å²) in [5.41, 5.74) is 4.06. The molecule has 92 valence electrons. The molecule has 0 heterocycles. The van der Waals surface area contributed by atoms with Gasteiger partial charge in [0.25, 0.3) is 0 Å². The first kappa shape index (κ1) is 13.5. The van der Waals surface area contributed by atoms with Gasteiger partial charge in [0.15, 0.2) is 0 Å². The Morgan fingerprint density at radius 3 is 2.62 bits per heavy atom. The van der Waals surface area contributed by atoms with Crippen molar-refractivity contribution >= 4 is 0 Å². The summed E-state index contributed by atoms with van der Waals surface area (Å²) in [6, 6.07) is 0. The lowest BCUT2D eigenvalue weighted by Gasteiger charge is -2.20. The normalized spacial score (nSPS) is 23.0. The van der Waals surface area contributed by atoms with E-state index in [0.29, 0.717) is 0 Å². The van der Waals surface area contributed by atoms with E-state index >= 15 is 0 Å². The predicted octanol–water partition coefficient (Wildman–Crippen LogP) is 4.09. The third kappa shape index (κ3) is 3.21. The Hall–Kier alpha value is -0.560. The fourth-order valence-electron chi connectivity index (χ4n) is 2.70. The molecule has 1 aliphatic carbocycles. The average Bonchev–Trinajstić information content (AvgIpc) is 2.56. The van der Waals surface area contributed by atoms with Crippen molar-refractivity contribution in [2.45, 2.75) is 59.5 Å². The molecule has 0 radical (unpaired) electrons. The monoisotopic (exact) mass is 222 g/mol. The van der Waals surface area contributed by atoms with Crippen LogP contribution in [-0.4, -0.2) is 11.2 Å².